The number of rotatable bonds is 11. The van der Waals surface area contributed by atoms with Gasteiger partial charge in [0.05, 0.1) is 54.1 Å². The largest absolute Gasteiger partial charge is 0.453 e. The van der Waals surface area contributed by atoms with Crippen molar-refractivity contribution in [2.24, 2.45) is 11.8 Å². The van der Waals surface area contributed by atoms with Gasteiger partial charge in [0.15, 0.2) is 0 Å². The Kier molecular flexibility index (Phi) is 11.7. The van der Waals surface area contributed by atoms with E-state index in [1.165, 1.54) is 14.2 Å². The molecule has 3 aliphatic heterocycles. The lowest BCUT2D eigenvalue weighted by Gasteiger charge is -2.34. The van der Waals surface area contributed by atoms with Gasteiger partial charge in [0.2, 0.25) is 11.8 Å². The van der Waals surface area contributed by atoms with Crippen molar-refractivity contribution >= 4 is 51.3 Å². The summed E-state index contributed by atoms with van der Waals surface area (Å²) in [6.45, 7) is 8.84. The van der Waals surface area contributed by atoms with Crippen LogP contribution in [0.15, 0.2) is 54.9 Å². The quantitative estimate of drug-likeness (QED) is 0.128. The number of carbonyl (C=O) groups is 4. The van der Waals surface area contributed by atoms with E-state index in [2.05, 4.69) is 67.6 Å². The highest BCUT2D eigenvalue weighted by atomic mass is 32.1. The van der Waals surface area contributed by atoms with Crippen molar-refractivity contribution in [2.75, 3.05) is 27.3 Å². The van der Waals surface area contributed by atoms with Crippen LogP contribution in [0, 0.1) is 11.8 Å². The Morgan fingerprint density at radius 2 is 1.44 bits per heavy atom. The Balaban J connectivity index is 1.00. The number of nitrogens with zero attached hydrogens (tertiary/aromatic N) is 4. The molecule has 1 unspecified atom stereocenters. The van der Waals surface area contributed by atoms with Gasteiger partial charge in [0, 0.05) is 19.3 Å². The number of alkyl carbamates (subject to hydrolysis) is 2. The van der Waals surface area contributed by atoms with Crippen LogP contribution in [-0.4, -0.2) is 100 Å². The number of imidazole rings is 1. The maximum absolute atomic E-state index is 13.6. The van der Waals surface area contributed by atoms with Crippen molar-refractivity contribution < 1.29 is 28.7 Å². The second kappa shape index (κ2) is 16.8. The molecule has 0 spiro atoms. The first kappa shape index (κ1) is 39.6. The molecule has 57 heavy (non-hydrogen) atoms. The Morgan fingerprint density at radius 1 is 0.825 bits per heavy atom. The van der Waals surface area contributed by atoms with E-state index in [4.69, 9.17) is 14.5 Å². The molecular weight excluding hydrogens is 747 g/mol. The van der Waals surface area contributed by atoms with Gasteiger partial charge in [-0.15, -0.1) is 11.3 Å². The van der Waals surface area contributed by atoms with E-state index in [0.29, 0.717) is 13.1 Å². The number of carbonyl (C=O) groups excluding carboxylic acids is 4. The molecule has 0 radical (unpaired) electrons. The maximum Gasteiger partial charge on any atom is 0.407 e. The fourth-order valence-electron chi connectivity index (χ4n) is 7.95. The zero-order chi connectivity index (χ0) is 40.4. The molecule has 0 saturated carbocycles. The third-order valence-electron chi connectivity index (χ3n) is 11.1. The van der Waals surface area contributed by atoms with E-state index in [0.717, 1.165) is 74.8 Å². The lowest BCUT2D eigenvalue weighted by molar-refractivity contribution is -0.136. The molecule has 4 amide bonds. The molecule has 5 N–H and O–H groups in total. The van der Waals surface area contributed by atoms with Gasteiger partial charge < -0.3 is 45.5 Å². The van der Waals surface area contributed by atoms with Crippen LogP contribution in [-0.2, 0) is 19.1 Å². The molecule has 3 aliphatic rings. The van der Waals surface area contributed by atoms with Gasteiger partial charge >= 0.3 is 12.2 Å². The molecule has 15 nitrogen and oxygen atoms in total. The average Bonchev–Trinajstić information content (AvgIpc) is 4.06. The monoisotopic (exact) mass is 797 g/mol. The topological polar surface area (TPSA) is 183 Å². The smallest absolute Gasteiger partial charge is 0.407 e. The van der Waals surface area contributed by atoms with Gasteiger partial charge in [-0.25, -0.2) is 19.6 Å². The van der Waals surface area contributed by atoms with E-state index < -0.39 is 24.3 Å². The van der Waals surface area contributed by atoms with E-state index in [1.54, 1.807) is 17.5 Å². The fraction of sp³-hybridized carbons (Fsp3) is 0.463. The van der Waals surface area contributed by atoms with Crippen molar-refractivity contribution in [2.45, 2.75) is 83.7 Å². The van der Waals surface area contributed by atoms with Gasteiger partial charge in [-0.2, -0.15) is 0 Å². The van der Waals surface area contributed by atoms with Gasteiger partial charge in [0.1, 0.15) is 29.1 Å². The number of ether oxygens (including phenoxy) is 2. The summed E-state index contributed by atoms with van der Waals surface area (Å²) in [5.41, 5.74) is 5.75. The van der Waals surface area contributed by atoms with E-state index in [9.17, 15) is 19.2 Å². The van der Waals surface area contributed by atoms with Crippen LogP contribution >= 0.6 is 11.3 Å². The number of aromatic nitrogens is 3. The van der Waals surface area contributed by atoms with Crippen LogP contribution in [0.25, 0.3) is 38.3 Å². The number of fused-ring (bicyclic) bond motifs is 1. The summed E-state index contributed by atoms with van der Waals surface area (Å²) >= 11 is 1.61. The molecule has 5 atom stereocenters. The predicted octanol–water partition coefficient (Wildman–Crippen LogP) is 5.59. The standard InChI is InChI=1S/C41H51N9O6S/c1-22(2)33(47-40(53)55-5)38(51)49-17-7-9-30(49)35-42-20-28(44-35)25-13-11-24(12-14-25)26-15-16-27-32(19-26)57-37(46-27)29-21-43-36(45-29)31-10-8-18-50(31)39(52)34(23(3)4)48-41(54)56-6/h11-16,19-23,30-31,33-34,36,43,45H,7-10,17-18H2,1-6H3,(H,42,44)(H,47,53)(H,48,54)/t30-,31-,33-,34-,36?/m0/s1. The number of aromatic amines is 1. The number of likely N-dealkylation sites (tertiary alicyclic amines) is 2. The fourth-order valence-corrected chi connectivity index (χ4v) is 8.94. The molecule has 302 valence electrons. The second-order valence-electron chi connectivity index (χ2n) is 15.5. The minimum Gasteiger partial charge on any atom is -0.453 e. The Labute approximate surface area is 336 Å². The number of methoxy groups -OCH3 is 2. The lowest BCUT2D eigenvalue weighted by atomic mass is 10.0. The first-order chi connectivity index (χ1) is 27.4. The molecule has 0 aliphatic carbocycles. The SMILES string of the molecule is COC(=O)N[C@H](C(=O)N1CCC[C@H]1c1ncc(-c2ccc(-c3ccc4nc(C5=CNC([C@@H]6CCCN6C(=O)[C@@H](NC(=O)OC)C(C)C)N5)sc4c3)cc2)[nH]1)C(C)C. The average molecular weight is 798 g/mol. The number of hydrogen-bond donors (Lipinski definition) is 5. The zero-order valence-electron chi connectivity index (χ0n) is 33.1. The molecule has 7 rings (SSSR count). The molecule has 16 heteroatoms. The van der Waals surface area contributed by atoms with Crippen LogP contribution in [0.2, 0.25) is 0 Å². The van der Waals surface area contributed by atoms with Gasteiger partial charge in [-0.3, -0.25) is 9.59 Å². The Bertz CT molecular complexity index is 2150. The molecular formula is C41H51N9O6S. The molecule has 5 heterocycles. The molecule has 2 fully saturated rings. The summed E-state index contributed by atoms with van der Waals surface area (Å²) in [5, 5.41) is 13.3. The highest BCUT2D eigenvalue weighted by Gasteiger charge is 2.41. The Morgan fingerprint density at radius 3 is 2.11 bits per heavy atom. The number of hydrogen-bond acceptors (Lipinski definition) is 11. The first-order valence-corrected chi connectivity index (χ1v) is 20.4. The number of H-pyrrole nitrogens is 1. The molecule has 2 saturated heterocycles. The van der Waals surface area contributed by atoms with Crippen molar-refractivity contribution in [3.8, 4) is 22.4 Å². The molecule has 0 bridgehead atoms. The molecule has 4 aromatic rings. The minimum atomic E-state index is -0.689. The van der Waals surface area contributed by atoms with E-state index in [1.807, 2.05) is 49.8 Å². The van der Waals surface area contributed by atoms with Crippen molar-refractivity contribution in [1.29, 1.82) is 0 Å². The highest BCUT2D eigenvalue weighted by molar-refractivity contribution is 7.19. The van der Waals surface area contributed by atoms with Crippen LogP contribution in [0.5, 0.6) is 0 Å². The summed E-state index contributed by atoms with van der Waals surface area (Å²) in [5.74, 6) is 0.274. The Hall–Kier alpha value is -5.64. The maximum atomic E-state index is 13.6. The summed E-state index contributed by atoms with van der Waals surface area (Å²) in [7, 11) is 2.59. The number of amides is 4. The van der Waals surface area contributed by atoms with E-state index >= 15 is 0 Å². The van der Waals surface area contributed by atoms with Crippen LogP contribution in [0.4, 0.5) is 9.59 Å². The van der Waals surface area contributed by atoms with Crippen LogP contribution < -0.4 is 21.3 Å². The van der Waals surface area contributed by atoms with Crippen molar-refractivity contribution in [3.05, 3.63) is 65.7 Å². The third kappa shape index (κ3) is 8.27. The zero-order valence-corrected chi connectivity index (χ0v) is 33.9. The normalized spacial score (nSPS) is 20.3. The number of thiazole rings is 1. The lowest BCUT2D eigenvalue weighted by Crippen LogP contribution is -2.57. The second-order valence-corrected chi connectivity index (χ2v) is 16.5. The summed E-state index contributed by atoms with van der Waals surface area (Å²) in [6.07, 6.45) is 5.66. The van der Waals surface area contributed by atoms with Gasteiger partial charge in [-0.05, 0) is 66.3 Å². The van der Waals surface area contributed by atoms with Crippen LogP contribution in [0.1, 0.15) is 70.3 Å². The molecule has 2 aromatic heterocycles. The van der Waals surface area contributed by atoms with E-state index in [-0.39, 0.29) is 41.9 Å². The summed E-state index contributed by atoms with van der Waals surface area (Å²) in [4.78, 5) is 67.8. The van der Waals surface area contributed by atoms with Gasteiger partial charge in [0.25, 0.3) is 0 Å². The predicted molar refractivity (Wildman–Crippen MR) is 217 cm³/mol. The third-order valence-corrected chi connectivity index (χ3v) is 12.1. The summed E-state index contributed by atoms with van der Waals surface area (Å²) in [6, 6.07) is 12.9. The highest BCUT2D eigenvalue weighted by Crippen LogP contribution is 2.35. The van der Waals surface area contributed by atoms with Crippen molar-refractivity contribution in [3.63, 3.8) is 0 Å². The number of nitrogens with one attached hydrogen (secondary N) is 5. The van der Waals surface area contributed by atoms with Crippen molar-refractivity contribution in [1.82, 2.24) is 46.0 Å². The number of benzene rings is 2. The minimum absolute atomic E-state index is 0.0924. The molecule has 2 aromatic carbocycles. The van der Waals surface area contributed by atoms with Crippen LogP contribution in [0.3, 0.4) is 0 Å². The first-order valence-electron chi connectivity index (χ1n) is 19.5. The summed E-state index contributed by atoms with van der Waals surface area (Å²) < 4.78 is 10.6. The van der Waals surface area contributed by atoms with Gasteiger partial charge in [-0.1, -0.05) is 58.0 Å².